The summed E-state index contributed by atoms with van der Waals surface area (Å²) < 4.78 is 7.60. The number of para-hydroxylation sites is 1. The molecule has 1 aliphatic heterocycles. The molecule has 1 aromatic heterocycles. The molecule has 0 radical (unpaired) electrons. The number of imidazole rings is 1. The van der Waals surface area contributed by atoms with Gasteiger partial charge in [-0.1, -0.05) is 36.4 Å². The molecule has 0 bridgehead atoms. The van der Waals surface area contributed by atoms with Gasteiger partial charge in [-0.2, -0.15) is 0 Å². The maximum Gasteiger partial charge on any atom is 0.271 e. The number of ether oxygens (including phenoxy) is 1. The Kier molecular flexibility index (Phi) is 6.31. The van der Waals surface area contributed by atoms with E-state index < -0.39 is 0 Å². The van der Waals surface area contributed by atoms with E-state index in [0.29, 0.717) is 30.2 Å². The van der Waals surface area contributed by atoms with Crippen LogP contribution in [0.2, 0.25) is 0 Å². The van der Waals surface area contributed by atoms with Crippen molar-refractivity contribution in [2.75, 3.05) is 25.1 Å². The highest BCUT2D eigenvalue weighted by atomic mass is 16.5. The van der Waals surface area contributed by atoms with Crippen molar-refractivity contribution in [3.8, 4) is 5.75 Å². The minimum absolute atomic E-state index is 0.197. The third-order valence-electron chi connectivity index (χ3n) is 5.32. The number of hydrogen-bond acceptors (Lipinski definition) is 4. The van der Waals surface area contributed by atoms with Crippen LogP contribution in [0, 0.1) is 0 Å². The molecule has 31 heavy (non-hydrogen) atoms. The highest BCUT2D eigenvalue weighted by molar-refractivity contribution is 6.09. The number of anilines is 1. The van der Waals surface area contributed by atoms with Crippen molar-refractivity contribution in [3.63, 3.8) is 0 Å². The Morgan fingerprint density at radius 1 is 1.06 bits per heavy atom. The number of nitrogens with zero attached hydrogens (tertiary/aromatic N) is 3. The fourth-order valence-electron chi connectivity index (χ4n) is 3.73. The van der Waals surface area contributed by atoms with Gasteiger partial charge in [-0.05, 0) is 37.1 Å². The fourth-order valence-corrected chi connectivity index (χ4v) is 3.73. The zero-order valence-corrected chi connectivity index (χ0v) is 17.6. The Balaban J connectivity index is 1.51. The highest BCUT2D eigenvalue weighted by Crippen LogP contribution is 2.26. The van der Waals surface area contributed by atoms with Crippen LogP contribution in [0.1, 0.15) is 39.5 Å². The summed E-state index contributed by atoms with van der Waals surface area (Å²) in [4.78, 5) is 32.2. The zero-order chi connectivity index (χ0) is 21.6. The average Bonchev–Trinajstić information content (AvgIpc) is 3.22. The van der Waals surface area contributed by atoms with Gasteiger partial charge in [0.15, 0.2) is 11.5 Å². The van der Waals surface area contributed by atoms with Gasteiger partial charge in [0.05, 0.1) is 6.54 Å². The number of rotatable bonds is 7. The average molecular weight is 418 g/mol. The lowest BCUT2D eigenvalue weighted by Crippen LogP contribution is -2.34. The summed E-state index contributed by atoms with van der Waals surface area (Å²) in [5, 5.41) is 2.92. The van der Waals surface area contributed by atoms with Crippen LogP contribution in [0.5, 0.6) is 5.75 Å². The molecule has 7 nitrogen and oxygen atoms in total. The molecule has 0 saturated carbocycles. The molecule has 2 heterocycles. The number of aryl methyl sites for hydroxylation is 1. The van der Waals surface area contributed by atoms with Crippen molar-refractivity contribution in [2.24, 2.45) is 0 Å². The van der Waals surface area contributed by atoms with Gasteiger partial charge in [0.2, 0.25) is 0 Å². The van der Waals surface area contributed by atoms with Crippen LogP contribution in [0.25, 0.3) is 0 Å². The Morgan fingerprint density at radius 3 is 2.52 bits per heavy atom. The molecule has 3 aromatic rings. The molecule has 2 amide bonds. The monoisotopic (exact) mass is 418 g/mol. The second-order valence-electron chi connectivity index (χ2n) is 7.46. The third-order valence-corrected chi connectivity index (χ3v) is 5.32. The number of amides is 2. The third kappa shape index (κ3) is 4.60. The number of fused-ring (bicyclic) bond motifs is 1. The van der Waals surface area contributed by atoms with Crippen molar-refractivity contribution in [1.29, 1.82) is 0 Å². The molecule has 0 saturated heterocycles. The largest absolute Gasteiger partial charge is 0.492 e. The van der Waals surface area contributed by atoms with Crippen molar-refractivity contribution in [3.05, 3.63) is 77.7 Å². The quantitative estimate of drug-likeness (QED) is 0.598. The molecule has 0 atom stereocenters. The minimum Gasteiger partial charge on any atom is -0.492 e. The van der Waals surface area contributed by atoms with Crippen LogP contribution in [0.4, 0.5) is 5.82 Å². The highest BCUT2D eigenvalue weighted by Gasteiger charge is 2.29. The van der Waals surface area contributed by atoms with Gasteiger partial charge in [-0.15, -0.1) is 0 Å². The van der Waals surface area contributed by atoms with Crippen LogP contribution < -0.4 is 15.0 Å². The van der Waals surface area contributed by atoms with Gasteiger partial charge in [-0.25, -0.2) is 4.98 Å². The van der Waals surface area contributed by atoms with Gasteiger partial charge in [0.25, 0.3) is 11.8 Å². The van der Waals surface area contributed by atoms with Crippen LogP contribution in [-0.4, -0.2) is 41.6 Å². The first kappa shape index (κ1) is 20.7. The van der Waals surface area contributed by atoms with E-state index in [9.17, 15) is 9.59 Å². The molecule has 0 spiro atoms. The first-order valence-electron chi connectivity index (χ1n) is 10.5. The normalized spacial score (nSPS) is 12.7. The van der Waals surface area contributed by atoms with Crippen LogP contribution in [0.15, 0.2) is 60.7 Å². The molecule has 1 N–H and O–H groups in total. The predicted molar refractivity (Wildman–Crippen MR) is 119 cm³/mol. The number of nitrogens with one attached hydrogen (secondary N) is 1. The topological polar surface area (TPSA) is 76.5 Å². The summed E-state index contributed by atoms with van der Waals surface area (Å²) in [5.74, 6) is 1.55. The summed E-state index contributed by atoms with van der Waals surface area (Å²) in [5.41, 5.74) is 0.986. The Hall–Kier alpha value is -3.61. The SMILES string of the molecule is CN(C(=O)c1ccccc1)c1nc2n(c1C(=O)NCCOc1ccccc1)CCCC2. The standard InChI is InChI=1S/C24H26N4O3/c1-27(24(30)18-10-4-2-5-11-18)22-21(28-16-9-8-14-20(28)26-22)23(29)25-15-17-31-19-12-6-3-7-13-19/h2-7,10-13H,8-9,14-17H2,1H3,(H,25,29). The maximum absolute atomic E-state index is 13.1. The van der Waals surface area contributed by atoms with Gasteiger partial charge >= 0.3 is 0 Å². The van der Waals surface area contributed by atoms with Crippen molar-refractivity contribution >= 4 is 17.6 Å². The summed E-state index contributed by atoms with van der Waals surface area (Å²) in [7, 11) is 1.67. The molecular weight excluding hydrogens is 392 g/mol. The van der Waals surface area contributed by atoms with Crippen molar-refractivity contribution in [1.82, 2.24) is 14.9 Å². The first-order valence-corrected chi connectivity index (χ1v) is 10.5. The van der Waals surface area contributed by atoms with E-state index in [2.05, 4.69) is 10.3 Å². The Morgan fingerprint density at radius 2 is 1.77 bits per heavy atom. The summed E-state index contributed by atoms with van der Waals surface area (Å²) >= 11 is 0. The molecule has 160 valence electrons. The molecule has 7 heteroatoms. The van der Waals surface area contributed by atoms with Crippen molar-refractivity contribution < 1.29 is 14.3 Å². The van der Waals surface area contributed by atoms with E-state index in [-0.39, 0.29) is 11.8 Å². The first-order chi connectivity index (χ1) is 15.1. The van der Waals surface area contributed by atoms with E-state index in [1.54, 1.807) is 19.2 Å². The molecule has 0 unspecified atom stereocenters. The van der Waals surface area contributed by atoms with Crippen LogP contribution in [0.3, 0.4) is 0 Å². The smallest absolute Gasteiger partial charge is 0.271 e. The van der Waals surface area contributed by atoms with Gasteiger partial charge in [0.1, 0.15) is 18.2 Å². The second-order valence-corrected chi connectivity index (χ2v) is 7.46. The Labute approximate surface area is 181 Å². The number of aromatic nitrogens is 2. The van der Waals surface area contributed by atoms with E-state index in [1.165, 1.54) is 4.90 Å². The van der Waals surface area contributed by atoms with Crippen LogP contribution >= 0.6 is 0 Å². The number of benzene rings is 2. The zero-order valence-electron chi connectivity index (χ0n) is 17.6. The summed E-state index contributed by atoms with van der Waals surface area (Å²) in [6, 6.07) is 18.5. The lowest BCUT2D eigenvalue weighted by molar-refractivity contribution is 0.0937. The molecular formula is C24H26N4O3. The molecule has 0 fully saturated rings. The van der Waals surface area contributed by atoms with E-state index in [1.807, 2.05) is 53.1 Å². The van der Waals surface area contributed by atoms with E-state index in [4.69, 9.17) is 4.74 Å². The van der Waals surface area contributed by atoms with Crippen molar-refractivity contribution in [2.45, 2.75) is 25.8 Å². The van der Waals surface area contributed by atoms with Gasteiger partial charge in [0, 0.05) is 25.6 Å². The molecule has 2 aromatic carbocycles. The molecule has 1 aliphatic rings. The lowest BCUT2D eigenvalue weighted by atomic mass is 10.1. The number of carbonyl (C=O) groups is 2. The number of carbonyl (C=O) groups excluding carboxylic acids is 2. The predicted octanol–water partition coefficient (Wildman–Crippen LogP) is 3.30. The van der Waals surface area contributed by atoms with E-state index in [0.717, 1.165) is 37.4 Å². The lowest BCUT2D eigenvalue weighted by Gasteiger charge is -2.19. The van der Waals surface area contributed by atoms with E-state index >= 15 is 0 Å². The maximum atomic E-state index is 13.1. The molecule has 0 aliphatic carbocycles. The fraction of sp³-hybridized carbons (Fsp3) is 0.292. The molecule has 4 rings (SSSR count). The summed E-state index contributed by atoms with van der Waals surface area (Å²) in [6.07, 6.45) is 2.81. The Bertz CT molecular complexity index is 1050. The number of hydrogen-bond donors (Lipinski definition) is 1. The van der Waals surface area contributed by atoms with Gasteiger partial charge in [-0.3, -0.25) is 14.5 Å². The summed E-state index contributed by atoms with van der Waals surface area (Å²) in [6.45, 7) is 1.42. The van der Waals surface area contributed by atoms with Crippen LogP contribution in [-0.2, 0) is 13.0 Å². The van der Waals surface area contributed by atoms with Gasteiger partial charge < -0.3 is 14.6 Å². The second kappa shape index (κ2) is 9.47. The minimum atomic E-state index is -0.250.